The molecule has 3 heterocycles. The molecule has 196 valence electrons. The van der Waals surface area contributed by atoms with Crippen LogP contribution in [0.1, 0.15) is 11.4 Å². The van der Waals surface area contributed by atoms with Crippen LogP contribution >= 0.6 is 35.1 Å². The Balaban J connectivity index is 1.65. The van der Waals surface area contributed by atoms with Crippen LogP contribution in [0.15, 0.2) is 107 Å². The Bertz CT molecular complexity index is 1410. The molecule has 10 heteroatoms. The number of thioether (sulfide) groups is 2. The van der Waals surface area contributed by atoms with Gasteiger partial charge >= 0.3 is 0 Å². The summed E-state index contributed by atoms with van der Waals surface area (Å²) in [5, 5.41) is 0.107. The van der Waals surface area contributed by atoms with Gasteiger partial charge in [0.1, 0.15) is 0 Å². The van der Waals surface area contributed by atoms with Crippen LogP contribution in [0.4, 0.5) is 23.3 Å². The van der Waals surface area contributed by atoms with E-state index in [9.17, 15) is 0 Å². The highest BCUT2D eigenvalue weighted by molar-refractivity contribution is 7.99. The van der Waals surface area contributed by atoms with Crippen molar-refractivity contribution in [3.63, 3.8) is 0 Å². The van der Waals surface area contributed by atoms with Crippen molar-refractivity contribution in [2.45, 2.75) is 22.9 Å². The summed E-state index contributed by atoms with van der Waals surface area (Å²) in [6.45, 7) is 0.916. The van der Waals surface area contributed by atoms with E-state index in [0.717, 1.165) is 32.6 Å². The van der Waals surface area contributed by atoms with E-state index in [1.165, 1.54) is 0 Å². The van der Waals surface area contributed by atoms with Crippen LogP contribution in [0.5, 0.6) is 0 Å². The largest absolute Gasteiger partial charge is 0.303 e. The van der Waals surface area contributed by atoms with E-state index >= 15 is 0 Å². The summed E-state index contributed by atoms with van der Waals surface area (Å²) in [5.41, 5.74) is 3.68. The van der Waals surface area contributed by atoms with Crippen molar-refractivity contribution >= 4 is 58.4 Å². The smallest absolute Gasteiger partial charge is 0.236 e. The molecular formula is C29H26ClN7S2. The average Bonchev–Trinajstić information content (AvgIpc) is 2.99. The van der Waals surface area contributed by atoms with Crippen molar-refractivity contribution in [1.82, 2.24) is 24.9 Å². The first-order chi connectivity index (χ1) is 19.2. The Labute approximate surface area is 241 Å². The molecule has 0 aliphatic heterocycles. The second-order valence-electron chi connectivity index (χ2n) is 8.36. The zero-order chi connectivity index (χ0) is 27.0. The Morgan fingerprint density at radius 1 is 0.590 bits per heavy atom. The molecule has 0 bridgehead atoms. The van der Waals surface area contributed by atoms with E-state index in [1.807, 2.05) is 70.5 Å². The lowest BCUT2D eigenvalue weighted by molar-refractivity contribution is 0.826. The summed E-state index contributed by atoms with van der Waals surface area (Å²) in [4.78, 5) is 29.5. The highest BCUT2D eigenvalue weighted by atomic mass is 35.5. The number of para-hydroxylation sites is 2. The molecule has 0 fully saturated rings. The molecule has 7 nitrogen and oxygen atoms in total. The summed E-state index contributed by atoms with van der Waals surface area (Å²) < 4.78 is 0. The van der Waals surface area contributed by atoms with Crippen molar-refractivity contribution in [3.05, 3.63) is 114 Å². The van der Waals surface area contributed by atoms with E-state index < -0.39 is 0 Å². The minimum Gasteiger partial charge on any atom is -0.303 e. The zero-order valence-corrected chi connectivity index (χ0v) is 23.9. The Morgan fingerprint density at radius 2 is 1.03 bits per heavy atom. The van der Waals surface area contributed by atoms with Crippen molar-refractivity contribution in [1.29, 1.82) is 0 Å². The number of rotatable bonds is 10. The monoisotopic (exact) mass is 571 g/mol. The number of hydrogen-bond donors (Lipinski definition) is 0. The topological polar surface area (TPSA) is 70.9 Å². The maximum absolute atomic E-state index is 6.61. The third kappa shape index (κ3) is 6.50. The molecule has 0 atom stereocenters. The van der Waals surface area contributed by atoms with Crippen LogP contribution in [0.3, 0.4) is 0 Å². The van der Waals surface area contributed by atoms with E-state index in [1.54, 1.807) is 35.9 Å². The first kappa shape index (κ1) is 26.9. The zero-order valence-electron chi connectivity index (χ0n) is 21.5. The molecule has 0 spiro atoms. The predicted octanol–water partition coefficient (Wildman–Crippen LogP) is 7.44. The lowest BCUT2D eigenvalue weighted by Crippen LogP contribution is -2.25. The molecular weight excluding hydrogens is 546 g/mol. The van der Waals surface area contributed by atoms with Gasteiger partial charge in [-0.05, 0) is 72.6 Å². The van der Waals surface area contributed by atoms with Crippen LogP contribution in [0.25, 0.3) is 0 Å². The quantitative estimate of drug-likeness (QED) is 0.159. The minimum atomic E-state index is 0.107. The average molecular weight is 572 g/mol. The number of halogens is 1. The molecule has 0 aliphatic carbocycles. The highest BCUT2D eigenvalue weighted by Crippen LogP contribution is 2.37. The van der Waals surface area contributed by atoms with E-state index in [2.05, 4.69) is 56.7 Å². The van der Waals surface area contributed by atoms with Gasteiger partial charge in [-0.1, -0.05) is 36.4 Å². The molecule has 5 rings (SSSR count). The van der Waals surface area contributed by atoms with Gasteiger partial charge in [-0.25, -0.2) is 0 Å². The number of pyridine rings is 2. The van der Waals surface area contributed by atoms with Gasteiger partial charge < -0.3 is 9.80 Å². The summed E-state index contributed by atoms with van der Waals surface area (Å²) in [7, 11) is 0. The maximum atomic E-state index is 6.61. The van der Waals surface area contributed by atoms with E-state index in [4.69, 9.17) is 16.6 Å². The van der Waals surface area contributed by atoms with Crippen molar-refractivity contribution in [2.75, 3.05) is 22.3 Å². The molecule has 0 N–H and O–H groups in total. The third-order valence-electron chi connectivity index (χ3n) is 5.91. The third-order valence-corrected chi connectivity index (χ3v) is 7.65. The summed E-state index contributed by atoms with van der Waals surface area (Å²) in [6.07, 6.45) is 7.68. The molecule has 0 saturated carbocycles. The Kier molecular flexibility index (Phi) is 8.93. The van der Waals surface area contributed by atoms with Gasteiger partial charge in [-0.3, -0.25) is 9.97 Å². The first-order valence-corrected chi connectivity index (χ1v) is 15.0. The maximum Gasteiger partial charge on any atom is 0.236 e. The molecule has 0 unspecified atom stereocenters. The van der Waals surface area contributed by atoms with E-state index in [0.29, 0.717) is 25.0 Å². The van der Waals surface area contributed by atoms with Gasteiger partial charge in [0.2, 0.25) is 17.2 Å². The predicted molar refractivity (Wildman–Crippen MR) is 161 cm³/mol. The first-order valence-electron chi connectivity index (χ1n) is 12.2. The second kappa shape index (κ2) is 12.9. The molecule has 0 amide bonds. The van der Waals surface area contributed by atoms with Gasteiger partial charge in [0.25, 0.3) is 0 Å². The molecule has 3 aromatic heterocycles. The van der Waals surface area contributed by atoms with E-state index in [-0.39, 0.29) is 5.28 Å². The van der Waals surface area contributed by atoms with Crippen LogP contribution in [-0.2, 0) is 13.1 Å². The van der Waals surface area contributed by atoms with Crippen LogP contribution in [0.2, 0.25) is 5.28 Å². The fourth-order valence-electron chi connectivity index (χ4n) is 4.11. The van der Waals surface area contributed by atoms with Crippen LogP contribution in [0, 0.1) is 0 Å². The van der Waals surface area contributed by atoms with Crippen molar-refractivity contribution in [2.24, 2.45) is 0 Å². The standard InChI is InChI=1S/C29H26ClN7S2/c1-38-25-15-5-3-13-23(25)36(19-21-11-7-9-17-31-21)28-33-27(30)34-29(35-28)37(20-22-12-8-10-18-32-22)24-14-4-6-16-26(24)39-2/h3-18H,19-20H2,1-2H3. The highest BCUT2D eigenvalue weighted by Gasteiger charge is 2.23. The second-order valence-corrected chi connectivity index (χ2v) is 10.4. The molecule has 5 aromatic rings. The van der Waals surface area contributed by atoms with Gasteiger partial charge in [0, 0.05) is 22.2 Å². The number of anilines is 4. The van der Waals surface area contributed by atoms with Gasteiger partial charge in [0.05, 0.1) is 35.9 Å². The molecule has 2 aromatic carbocycles. The number of hydrogen-bond acceptors (Lipinski definition) is 9. The summed E-state index contributed by atoms with van der Waals surface area (Å²) in [6, 6.07) is 28.1. The normalized spacial score (nSPS) is 10.8. The summed E-state index contributed by atoms with van der Waals surface area (Å²) >= 11 is 9.93. The van der Waals surface area contributed by atoms with Crippen molar-refractivity contribution < 1.29 is 0 Å². The lowest BCUT2D eigenvalue weighted by atomic mass is 10.2. The van der Waals surface area contributed by atoms with Gasteiger partial charge in [0.15, 0.2) is 0 Å². The molecule has 0 radical (unpaired) electrons. The number of nitrogens with zero attached hydrogens (tertiary/aromatic N) is 7. The van der Waals surface area contributed by atoms with Crippen LogP contribution in [-0.4, -0.2) is 37.4 Å². The Hall–Kier alpha value is -3.66. The number of benzene rings is 2. The molecule has 0 saturated heterocycles. The fourth-order valence-corrected chi connectivity index (χ4v) is 5.47. The number of aromatic nitrogens is 5. The SMILES string of the molecule is CSc1ccccc1N(Cc1ccccn1)c1nc(Cl)nc(N(Cc2ccccn2)c2ccccc2SC)n1. The minimum absolute atomic E-state index is 0.107. The Morgan fingerprint density at radius 3 is 1.44 bits per heavy atom. The fraction of sp³-hybridized carbons (Fsp3) is 0.138. The summed E-state index contributed by atoms with van der Waals surface area (Å²) in [5.74, 6) is 0.870. The van der Waals surface area contributed by atoms with Gasteiger partial charge in [-0.2, -0.15) is 15.0 Å². The van der Waals surface area contributed by atoms with Crippen LogP contribution < -0.4 is 9.80 Å². The molecule has 0 aliphatic rings. The van der Waals surface area contributed by atoms with Gasteiger partial charge in [-0.15, -0.1) is 23.5 Å². The van der Waals surface area contributed by atoms with Crippen molar-refractivity contribution in [3.8, 4) is 0 Å². The lowest BCUT2D eigenvalue weighted by Gasteiger charge is -2.28. The molecule has 39 heavy (non-hydrogen) atoms.